The van der Waals surface area contributed by atoms with Crippen molar-refractivity contribution < 1.29 is 0 Å². The van der Waals surface area contributed by atoms with Gasteiger partial charge in [-0.1, -0.05) is 103 Å². The number of aromatic nitrogens is 2. The average molecular weight is 734 g/mol. The van der Waals surface area contributed by atoms with Crippen LogP contribution >= 0.6 is 0 Å². The molecule has 0 fully saturated rings. The zero-order valence-corrected chi connectivity index (χ0v) is 32.0. The molecule has 0 amide bonds. The van der Waals surface area contributed by atoms with Crippen molar-refractivity contribution in [2.75, 3.05) is 4.90 Å². The fourth-order valence-corrected chi connectivity index (χ4v) is 10.6. The molecule has 57 heavy (non-hydrogen) atoms. The van der Waals surface area contributed by atoms with E-state index >= 15 is 0 Å². The monoisotopic (exact) mass is 733 g/mol. The molecule has 0 N–H and O–H groups in total. The normalized spacial score (nSPS) is 17.9. The third-order valence-corrected chi connectivity index (χ3v) is 13.1. The molecule has 3 aliphatic rings. The molecule has 7 aromatic carbocycles. The standard InChI is InChI=1S/C54H43N3/c1-4-14-40(15-5-1)55-49-22-12-10-20-43(49)45-32-36(24-28-51(45)55)38-26-30-53-47(34-38)48-35-39(27-31-54(48)57(53)42-18-8-3-9-19-42)37-25-29-52-46(33-37)44-21-11-13-23-50(44)56(52)41-16-6-2-7-17-41/h1,3-5,8-16,18-25,27-29,31-35,47,53H,2,6-7,17,26,30H2. The summed E-state index contributed by atoms with van der Waals surface area (Å²) in [5.41, 5.74) is 17.2. The van der Waals surface area contributed by atoms with Gasteiger partial charge in [0.15, 0.2) is 0 Å². The molecule has 12 rings (SSSR count). The highest BCUT2D eigenvalue weighted by Gasteiger charge is 2.40. The van der Waals surface area contributed by atoms with E-state index in [1.165, 1.54) is 113 Å². The van der Waals surface area contributed by atoms with Gasteiger partial charge in [0.25, 0.3) is 0 Å². The quantitative estimate of drug-likeness (QED) is 0.172. The van der Waals surface area contributed by atoms with Gasteiger partial charge in [-0.3, -0.25) is 0 Å². The van der Waals surface area contributed by atoms with E-state index in [4.69, 9.17) is 0 Å². The lowest BCUT2D eigenvalue weighted by Crippen LogP contribution is -2.31. The van der Waals surface area contributed by atoms with E-state index in [0.717, 1.165) is 19.3 Å². The largest absolute Gasteiger partial charge is 0.337 e. The number of nitrogens with zero attached hydrogens (tertiary/aromatic N) is 3. The SMILES string of the molecule is C1=C(c2ccc3c(c2)c2ccccc2n3-c2ccccc2)CCC2C1c1cc(-c3ccc4c(c3)c3ccccc3n4C3=CCCCC3)ccc1N2c1ccccc1. The van der Waals surface area contributed by atoms with E-state index in [2.05, 4.69) is 190 Å². The van der Waals surface area contributed by atoms with Crippen molar-refractivity contribution in [2.45, 2.75) is 50.5 Å². The van der Waals surface area contributed by atoms with Gasteiger partial charge >= 0.3 is 0 Å². The zero-order valence-electron chi connectivity index (χ0n) is 32.0. The lowest BCUT2D eigenvalue weighted by atomic mass is 9.81. The Labute approximate surface area is 333 Å². The lowest BCUT2D eigenvalue weighted by Gasteiger charge is -2.33. The molecule has 1 aliphatic heterocycles. The Morgan fingerprint density at radius 3 is 1.79 bits per heavy atom. The second-order valence-corrected chi connectivity index (χ2v) is 16.2. The first-order valence-electron chi connectivity index (χ1n) is 20.8. The summed E-state index contributed by atoms with van der Waals surface area (Å²) in [5, 5.41) is 5.28. The maximum Gasteiger partial charge on any atom is 0.0541 e. The summed E-state index contributed by atoms with van der Waals surface area (Å²) in [6, 6.07) is 61.6. The van der Waals surface area contributed by atoms with Gasteiger partial charge in [-0.15, -0.1) is 0 Å². The Morgan fingerprint density at radius 1 is 0.456 bits per heavy atom. The van der Waals surface area contributed by atoms with Crippen molar-refractivity contribution in [3.8, 4) is 16.8 Å². The summed E-state index contributed by atoms with van der Waals surface area (Å²) < 4.78 is 4.94. The van der Waals surface area contributed by atoms with E-state index < -0.39 is 0 Å². The molecule has 0 saturated carbocycles. The number of para-hydroxylation sites is 4. The molecule has 274 valence electrons. The Bertz CT molecular complexity index is 3090. The van der Waals surface area contributed by atoms with Crippen LogP contribution in [-0.4, -0.2) is 15.2 Å². The molecule has 0 saturated heterocycles. The van der Waals surface area contributed by atoms with Crippen LogP contribution in [0.3, 0.4) is 0 Å². The van der Waals surface area contributed by atoms with Crippen LogP contribution in [0.5, 0.6) is 0 Å². The Balaban J connectivity index is 0.985. The van der Waals surface area contributed by atoms with E-state index in [1.807, 2.05) is 0 Å². The second kappa shape index (κ2) is 13.0. The van der Waals surface area contributed by atoms with Crippen LogP contribution in [0.15, 0.2) is 176 Å². The molecule has 3 nitrogen and oxygen atoms in total. The zero-order chi connectivity index (χ0) is 37.5. The summed E-state index contributed by atoms with van der Waals surface area (Å²) in [6.07, 6.45) is 12.1. The Kier molecular flexibility index (Phi) is 7.44. The van der Waals surface area contributed by atoms with Gasteiger partial charge in [-0.2, -0.15) is 0 Å². The third kappa shape index (κ3) is 5.11. The van der Waals surface area contributed by atoms with Crippen LogP contribution in [0, 0.1) is 0 Å². The molecular formula is C54H43N3. The van der Waals surface area contributed by atoms with Gasteiger partial charge in [0.1, 0.15) is 0 Å². The smallest absolute Gasteiger partial charge is 0.0541 e. The number of benzene rings is 7. The van der Waals surface area contributed by atoms with Crippen LogP contribution in [0.1, 0.15) is 55.6 Å². The minimum Gasteiger partial charge on any atom is -0.337 e. The first-order chi connectivity index (χ1) is 28.3. The van der Waals surface area contributed by atoms with Crippen molar-refractivity contribution in [3.63, 3.8) is 0 Å². The average Bonchev–Trinajstić information content (AvgIpc) is 3.92. The van der Waals surface area contributed by atoms with Crippen molar-refractivity contribution in [3.05, 3.63) is 187 Å². The van der Waals surface area contributed by atoms with E-state index in [-0.39, 0.29) is 5.92 Å². The topological polar surface area (TPSA) is 13.1 Å². The minimum atomic E-state index is 0.286. The van der Waals surface area contributed by atoms with Crippen LogP contribution in [-0.2, 0) is 0 Å². The molecule has 2 aromatic heterocycles. The number of fused-ring (bicyclic) bond motifs is 9. The molecule has 3 heterocycles. The van der Waals surface area contributed by atoms with Crippen LogP contribution < -0.4 is 4.90 Å². The molecule has 3 heteroatoms. The van der Waals surface area contributed by atoms with Crippen molar-refractivity contribution >= 4 is 66.3 Å². The van der Waals surface area contributed by atoms with Gasteiger partial charge in [-0.25, -0.2) is 0 Å². The maximum absolute atomic E-state index is 2.63. The van der Waals surface area contributed by atoms with Crippen LogP contribution in [0.25, 0.3) is 71.7 Å². The molecular weight excluding hydrogens is 691 g/mol. The number of hydrogen-bond acceptors (Lipinski definition) is 1. The first kappa shape index (κ1) is 32.6. The van der Waals surface area contributed by atoms with E-state index in [0.29, 0.717) is 6.04 Å². The molecule has 2 aliphatic carbocycles. The van der Waals surface area contributed by atoms with Gasteiger partial charge in [0.2, 0.25) is 0 Å². The fraction of sp³-hybridized carbons (Fsp3) is 0.148. The molecule has 0 spiro atoms. The Morgan fingerprint density at radius 2 is 1.05 bits per heavy atom. The van der Waals surface area contributed by atoms with Crippen LogP contribution in [0.2, 0.25) is 0 Å². The number of allylic oxidation sites excluding steroid dienone is 3. The minimum absolute atomic E-state index is 0.286. The van der Waals surface area contributed by atoms with Gasteiger partial charge in [-0.05, 0) is 139 Å². The third-order valence-electron chi connectivity index (χ3n) is 13.1. The highest BCUT2D eigenvalue weighted by atomic mass is 15.2. The summed E-state index contributed by atoms with van der Waals surface area (Å²) in [5.74, 6) is 0.286. The predicted molar refractivity (Wildman–Crippen MR) is 241 cm³/mol. The molecule has 9 aromatic rings. The van der Waals surface area contributed by atoms with E-state index in [1.54, 1.807) is 0 Å². The summed E-state index contributed by atoms with van der Waals surface area (Å²) in [7, 11) is 0. The van der Waals surface area contributed by atoms with Gasteiger partial charge in [0, 0.05) is 56.3 Å². The van der Waals surface area contributed by atoms with Gasteiger partial charge in [0.05, 0.1) is 22.1 Å². The number of hydrogen-bond donors (Lipinski definition) is 0. The molecule has 2 unspecified atom stereocenters. The van der Waals surface area contributed by atoms with Crippen molar-refractivity contribution in [1.82, 2.24) is 9.13 Å². The maximum atomic E-state index is 2.63. The first-order valence-corrected chi connectivity index (χ1v) is 20.8. The molecule has 2 atom stereocenters. The van der Waals surface area contributed by atoms with Gasteiger partial charge < -0.3 is 14.0 Å². The Hall–Kier alpha value is -6.58. The van der Waals surface area contributed by atoms with Crippen molar-refractivity contribution in [2.24, 2.45) is 0 Å². The summed E-state index contributed by atoms with van der Waals surface area (Å²) in [4.78, 5) is 2.63. The fourth-order valence-electron chi connectivity index (χ4n) is 10.6. The molecule has 0 bridgehead atoms. The van der Waals surface area contributed by atoms with Crippen LogP contribution in [0.4, 0.5) is 11.4 Å². The summed E-state index contributed by atoms with van der Waals surface area (Å²) in [6.45, 7) is 0. The lowest BCUT2D eigenvalue weighted by molar-refractivity contribution is 0.572. The molecule has 0 radical (unpaired) electrons. The number of rotatable bonds is 5. The van der Waals surface area contributed by atoms with E-state index in [9.17, 15) is 0 Å². The van der Waals surface area contributed by atoms with Crippen molar-refractivity contribution in [1.29, 1.82) is 0 Å². The highest BCUT2D eigenvalue weighted by Crippen LogP contribution is 2.52. The highest BCUT2D eigenvalue weighted by molar-refractivity contribution is 6.12. The number of anilines is 2. The predicted octanol–water partition coefficient (Wildman–Crippen LogP) is 14.5. The summed E-state index contributed by atoms with van der Waals surface area (Å²) >= 11 is 0. The second-order valence-electron chi connectivity index (χ2n) is 16.2.